The van der Waals surface area contributed by atoms with Crippen LogP contribution < -0.4 is 15.0 Å². The van der Waals surface area contributed by atoms with E-state index in [1.165, 1.54) is 23.5 Å². The van der Waals surface area contributed by atoms with E-state index in [1.807, 2.05) is 4.90 Å². The highest BCUT2D eigenvalue weighted by molar-refractivity contribution is 7.89. The number of carbonyl (C=O) groups excluding carboxylic acids is 1. The Morgan fingerprint density at radius 2 is 1.86 bits per heavy atom. The lowest BCUT2D eigenvalue weighted by molar-refractivity contribution is -0.111. The van der Waals surface area contributed by atoms with Crippen molar-refractivity contribution in [3.05, 3.63) is 49.2 Å². The molecule has 0 spiro atoms. The summed E-state index contributed by atoms with van der Waals surface area (Å²) in [5.41, 5.74) is 0.504. The molecule has 1 N–H and O–H groups in total. The predicted octanol–water partition coefficient (Wildman–Crippen LogP) is 1.12. The first-order chi connectivity index (χ1) is 13.4. The first kappa shape index (κ1) is 19.8. The third-order valence-corrected chi connectivity index (χ3v) is 6.21. The van der Waals surface area contributed by atoms with Crippen molar-refractivity contribution in [2.75, 3.05) is 43.5 Å². The van der Waals surface area contributed by atoms with Crippen LogP contribution in [0.1, 0.15) is 0 Å². The number of amides is 1. The second-order valence-electron chi connectivity index (χ2n) is 6.01. The van der Waals surface area contributed by atoms with Gasteiger partial charge in [-0.3, -0.25) is 4.79 Å². The number of methoxy groups -OCH3 is 1. The minimum Gasteiger partial charge on any atom is -0.481 e. The van der Waals surface area contributed by atoms with Crippen LogP contribution in [-0.2, 0) is 14.8 Å². The second-order valence-corrected chi connectivity index (χ2v) is 7.95. The molecule has 1 aliphatic rings. The van der Waals surface area contributed by atoms with Gasteiger partial charge in [0.1, 0.15) is 0 Å². The van der Waals surface area contributed by atoms with Gasteiger partial charge in [-0.1, -0.05) is 6.58 Å². The van der Waals surface area contributed by atoms with Gasteiger partial charge in [0, 0.05) is 44.1 Å². The van der Waals surface area contributed by atoms with Gasteiger partial charge in [0.2, 0.25) is 27.8 Å². The van der Waals surface area contributed by atoms with E-state index in [9.17, 15) is 13.2 Å². The quantitative estimate of drug-likeness (QED) is 0.721. The molecule has 1 aliphatic heterocycles. The van der Waals surface area contributed by atoms with Gasteiger partial charge in [-0.15, -0.1) is 0 Å². The highest BCUT2D eigenvalue weighted by atomic mass is 32.2. The Labute approximate surface area is 163 Å². The van der Waals surface area contributed by atoms with E-state index in [0.29, 0.717) is 43.7 Å². The number of carbonyl (C=O) groups is 1. The van der Waals surface area contributed by atoms with Crippen LogP contribution in [-0.4, -0.2) is 61.9 Å². The number of rotatable bonds is 6. The van der Waals surface area contributed by atoms with Crippen molar-refractivity contribution in [3.63, 3.8) is 0 Å². The Morgan fingerprint density at radius 3 is 2.46 bits per heavy atom. The summed E-state index contributed by atoms with van der Waals surface area (Å²) in [7, 11) is -2.09. The summed E-state index contributed by atoms with van der Waals surface area (Å²) in [6.07, 6.45) is 2.76. The van der Waals surface area contributed by atoms with E-state index >= 15 is 0 Å². The van der Waals surface area contributed by atoms with Gasteiger partial charge in [0.15, 0.2) is 0 Å². The SMILES string of the molecule is C=CC(=O)Nc1ccc(S(=O)(=O)N2CCN(c3nccc(OC)n3)CC2)cc1. The van der Waals surface area contributed by atoms with Crippen molar-refractivity contribution in [2.45, 2.75) is 4.90 Å². The van der Waals surface area contributed by atoms with Crippen LogP contribution in [0, 0.1) is 0 Å². The van der Waals surface area contributed by atoms with Gasteiger partial charge in [0.25, 0.3) is 0 Å². The van der Waals surface area contributed by atoms with Gasteiger partial charge in [-0.25, -0.2) is 13.4 Å². The maximum absolute atomic E-state index is 12.9. The zero-order valence-electron chi connectivity index (χ0n) is 15.4. The van der Waals surface area contributed by atoms with Crippen LogP contribution in [0.15, 0.2) is 54.1 Å². The number of nitrogens with zero attached hydrogens (tertiary/aromatic N) is 4. The van der Waals surface area contributed by atoms with Crippen molar-refractivity contribution < 1.29 is 17.9 Å². The van der Waals surface area contributed by atoms with E-state index in [4.69, 9.17) is 4.74 Å². The Kier molecular flexibility index (Phi) is 5.90. The fourth-order valence-corrected chi connectivity index (χ4v) is 4.20. The maximum Gasteiger partial charge on any atom is 0.247 e. The van der Waals surface area contributed by atoms with E-state index in [0.717, 1.165) is 6.08 Å². The third kappa shape index (κ3) is 4.29. The summed E-state index contributed by atoms with van der Waals surface area (Å²) in [5.74, 6) is 0.619. The molecule has 3 rings (SSSR count). The molecule has 1 fully saturated rings. The fraction of sp³-hybridized carbons (Fsp3) is 0.278. The van der Waals surface area contributed by atoms with Gasteiger partial charge in [-0.2, -0.15) is 9.29 Å². The molecular weight excluding hydrogens is 382 g/mol. The molecule has 1 saturated heterocycles. The molecule has 1 aromatic heterocycles. The number of piperazine rings is 1. The number of sulfonamides is 1. The van der Waals surface area contributed by atoms with E-state index in [1.54, 1.807) is 24.4 Å². The van der Waals surface area contributed by atoms with Gasteiger partial charge >= 0.3 is 0 Å². The molecule has 0 bridgehead atoms. The number of hydrogen-bond acceptors (Lipinski definition) is 7. The van der Waals surface area contributed by atoms with Crippen LogP contribution in [0.25, 0.3) is 0 Å². The fourth-order valence-electron chi connectivity index (χ4n) is 2.78. The molecule has 1 amide bonds. The summed E-state index contributed by atoms with van der Waals surface area (Å²) < 4.78 is 32.3. The smallest absolute Gasteiger partial charge is 0.247 e. The van der Waals surface area contributed by atoms with Crippen LogP contribution in [0.4, 0.5) is 11.6 Å². The Hall–Kier alpha value is -2.98. The highest BCUT2D eigenvalue weighted by Crippen LogP contribution is 2.21. The van der Waals surface area contributed by atoms with E-state index in [-0.39, 0.29) is 10.8 Å². The first-order valence-electron chi connectivity index (χ1n) is 8.59. The van der Waals surface area contributed by atoms with Crippen LogP contribution >= 0.6 is 0 Å². The first-order valence-corrected chi connectivity index (χ1v) is 10.0. The molecule has 2 heterocycles. The minimum atomic E-state index is -3.62. The average molecular weight is 403 g/mol. The molecule has 0 atom stereocenters. The highest BCUT2D eigenvalue weighted by Gasteiger charge is 2.29. The number of anilines is 2. The van der Waals surface area contributed by atoms with Gasteiger partial charge in [-0.05, 0) is 30.3 Å². The lowest BCUT2D eigenvalue weighted by atomic mass is 10.3. The van der Waals surface area contributed by atoms with Crippen molar-refractivity contribution in [1.29, 1.82) is 0 Å². The lowest BCUT2D eigenvalue weighted by Gasteiger charge is -2.34. The molecule has 2 aromatic rings. The average Bonchev–Trinajstić information content (AvgIpc) is 2.74. The van der Waals surface area contributed by atoms with Crippen LogP contribution in [0.3, 0.4) is 0 Å². The monoisotopic (exact) mass is 403 g/mol. The van der Waals surface area contributed by atoms with E-state index < -0.39 is 10.0 Å². The van der Waals surface area contributed by atoms with Gasteiger partial charge in [0.05, 0.1) is 12.0 Å². The maximum atomic E-state index is 12.9. The zero-order chi connectivity index (χ0) is 20.1. The Bertz CT molecular complexity index is 954. The molecule has 1 aromatic carbocycles. The molecule has 0 saturated carbocycles. The standard InChI is InChI=1S/C18H21N5O4S/c1-3-16(24)20-14-4-6-15(7-5-14)28(25,26)23-12-10-22(11-13-23)18-19-9-8-17(21-18)27-2/h3-9H,1,10-13H2,2H3,(H,20,24). The summed E-state index contributed by atoms with van der Waals surface area (Å²) in [6, 6.07) is 7.71. The summed E-state index contributed by atoms with van der Waals surface area (Å²) >= 11 is 0. The molecule has 9 nitrogen and oxygen atoms in total. The number of benzene rings is 1. The molecule has 10 heteroatoms. The minimum absolute atomic E-state index is 0.176. The lowest BCUT2D eigenvalue weighted by Crippen LogP contribution is -2.49. The second kappa shape index (κ2) is 8.36. The Morgan fingerprint density at radius 1 is 1.18 bits per heavy atom. The number of hydrogen-bond donors (Lipinski definition) is 1. The topological polar surface area (TPSA) is 105 Å². The number of aromatic nitrogens is 2. The molecule has 0 aliphatic carbocycles. The molecule has 0 unspecified atom stereocenters. The summed E-state index contributed by atoms with van der Waals surface area (Å²) in [5, 5.41) is 2.59. The predicted molar refractivity (Wildman–Crippen MR) is 105 cm³/mol. The van der Waals surface area contributed by atoms with Crippen molar-refractivity contribution in [1.82, 2.24) is 14.3 Å². The van der Waals surface area contributed by atoms with Gasteiger partial charge < -0.3 is 15.0 Å². The van der Waals surface area contributed by atoms with Crippen LogP contribution in [0.2, 0.25) is 0 Å². The van der Waals surface area contributed by atoms with Crippen molar-refractivity contribution in [3.8, 4) is 5.88 Å². The molecule has 148 valence electrons. The van der Waals surface area contributed by atoms with E-state index in [2.05, 4.69) is 21.9 Å². The molecular formula is C18H21N5O4S. The molecule has 28 heavy (non-hydrogen) atoms. The Balaban J connectivity index is 1.67. The largest absolute Gasteiger partial charge is 0.481 e. The number of nitrogens with one attached hydrogen (secondary N) is 1. The van der Waals surface area contributed by atoms with Crippen molar-refractivity contribution in [2.24, 2.45) is 0 Å². The number of ether oxygens (including phenoxy) is 1. The van der Waals surface area contributed by atoms with Crippen LogP contribution in [0.5, 0.6) is 5.88 Å². The van der Waals surface area contributed by atoms with Crippen molar-refractivity contribution >= 4 is 27.6 Å². The third-order valence-electron chi connectivity index (χ3n) is 4.29. The normalized spacial score (nSPS) is 15.1. The summed E-state index contributed by atoms with van der Waals surface area (Å²) in [4.78, 5) is 21.9. The summed E-state index contributed by atoms with van der Waals surface area (Å²) in [6.45, 7) is 4.96. The molecule has 0 radical (unpaired) electrons. The zero-order valence-corrected chi connectivity index (χ0v) is 16.2.